The molecule has 0 bridgehead atoms. The first-order chi connectivity index (χ1) is 28.6. The van der Waals surface area contributed by atoms with Crippen molar-refractivity contribution in [2.45, 2.75) is 37.5 Å². The molecule has 0 N–H and O–H groups in total. The van der Waals surface area contributed by atoms with Crippen molar-refractivity contribution in [1.82, 2.24) is 19.6 Å². The Labute approximate surface area is 336 Å². The van der Waals surface area contributed by atoms with Gasteiger partial charge in [0.1, 0.15) is 26.4 Å². The highest BCUT2D eigenvalue weighted by atomic mass is 16.6. The standard InChI is InChI=1S/C44H46N4O10/c49-41-45-27-31-23-37-38(56-20-16-52-12-11-51-15-19-55-37)24-32(31)28-46-42(50)48-30-34-26-40-39(57-21-17-53-13-14-54-18-22-58-40)25-33(34)29-47(41)44(48,36-9-5-2-6-10-36)43(45,46)35-7-3-1-4-8-35/h1-10,23-26H,11-22,27-30H2. The molecule has 2 fully saturated rings. The monoisotopic (exact) mass is 790 g/mol. The molecule has 58 heavy (non-hydrogen) atoms. The maximum absolute atomic E-state index is 15.7. The van der Waals surface area contributed by atoms with Crippen molar-refractivity contribution < 1.29 is 47.5 Å². The summed E-state index contributed by atoms with van der Waals surface area (Å²) in [6.45, 7) is 5.51. The lowest BCUT2D eigenvalue weighted by atomic mass is 9.79. The van der Waals surface area contributed by atoms with Crippen molar-refractivity contribution in [3.8, 4) is 23.0 Å². The fourth-order valence-corrected chi connectivity index (χ4v) is 9.48. The van der Waals surface area contributed by atoms with Crippen LogP contribution in [0, 0.1) is 0 Å². The summed E-state index contributed by atoms with van der Waals surface area (Å²) in [6, 6.07) is 27.4. The molecule has 0 aromatic heterocycles. The minimum absolute atomic E-state index is 0.206. The van der Waals surface area contributed by atoms with Crippen molar-refractivity contribution in [1.29, 1.82) is 0 Å². The maximum atomic E-state index is 15.7. The quantitative estimate of drug-likeness (QED) is 0.268. The number of benzene rings is 4. The first kappa shape index (κ1) is 36.8. The molecule has 0 spiro atoms. The Kier molecular flexibility index (Phi) is 9.72. The molecule has 4 aromatic rings. The van der Waals surface area contributed by atoms with Crippen molar-refractivity contribution >= 4 is 12.1 Å². The van der Waals surface area contributed by atoms with Crippen LogP contribution in [0.1, 0.15) is 33.4 Å². The second-order valence-corrected chi connectivity index (χ2v) is 15.0. The average molecular weight is 791 g/mol. The lowest BCUT2D eigenvalue weighted by molar-refractivity contribution is -0.0793. The summed E-state index contributed by atoms with van der Waals surface area (Å²) < 4.78 is 47.9. The molecule has 14 nitrogen and oxygen atoms in total. The molecule has 14 heteroatoms. The van der Waals surface area contributed by atoms with Gasteiger partial charge >= 0.3 is 12.1 Å². The fraction of sp³-hybridized carbons (Fsp3) is 0.409. The Morgan fingerprint density at radius 2 is 0.621 bits per heavy atom. The lowest BCUT2D eigenvalue weighted by Crippen LogP contribution is -2.62. The number of carbonyl (C=O) groups is 2. The average Bonchev–Trinajstić information content (AvgIpc) is 3.40. The first-order valence-corrected chi connectivity index (χ1v) is 20.0. The molecule has 6 aliphatic heterocycles. The predicted octanol–water partition coefficient (Wildman–Crippen LogP) is 5.20. The van der Waals surface area contributed by atoms with Crippen molar-refractivity contribution in [3.63, 3.8) is 0 Å². The van der Waals surface area contributed by atoms with Gasteiger partial charge in [-0.15, -0.1) is 0 Å². The Morgan fingerprint density at radius 3 is 0.897 bits per heavy atom. The van der Waals surface area contributed by atoms with Gasteiger partial charge in [0.25, 0.3) is 0 Å². The fourth-order valence-electron chi connectivity index (χ4n) is 9.48. The number of carbonyl (C=O) groups excluding carboxylic acids is 2. The number of fused-ring (bicyclic) bond motifs is 4. The van der Waals surface area contributed by atoms with Gasteiger partial charge < -0.3 is 37.9 Å². The van der Waals surface area contributed by atoms with Crippen LogP contribution in [-0.4, -0.2) is 111 Å². The summed E-state index contributed by atoms with van der Waals surface area (Å²) in [5, 5.41) is 0. The van der Waals surface area contributed by atoms with E-state index in [0.717, 1.165) is 33.4 Å². The lowest BCUT2D eigenvalue weighted by Gasteiger charge is -2.49. The van der Waals surface area contributed by atoms with E-state index >= 15 is 9.59 Å². The van der Waals surface area contributed by atoms with Gasteiger partial charge in [-0.25, -0.2) is 9.59 Å². The molecule has 6 aliphatic rings. The minimum Gasteiger partial charge on any atom is -0.487 e. The van der Waals surface area contributed by atoms with Crippen LogP contribution in [0.15, 0.2) is 84.9 Å². The highest BCUT2D eigenvalue weighted by molar-refractivity contribution is 5.90. The van der Waals surface area contributed by atoms with E-state index in [0.29, 0.717) is 102 Å². The Bertz CT molecular complexity index is 1920. The molecule has 10 rings (SSSR count). The van der Waals surface area contributed by atoms with Gasteiger partial charge in [-0.2, -0.15) is 0 Å². The molecule has 4 aromatic carbocycles. The van der Waals surface area contributed by atoms with Crippen LogP contribution < -0.4 is 18.9 Å². The van der Waals surface area contributed by atoms with E-state index in [1.54, 1.807) is 0 Å². The molecule has 0 aliphatic carbocycles. The molecule has 6 heterocycles. The summed E-state index contributed by atoms with van der Waals surface area (Å²) in [4.78, 5) is 39.1. The normalized spacial score (nSPS) is 24.8. The zero-order chi connectivity index (χ0) is 39.1. The van der Waals surface area contributed by atoms with Gasteiger partial charge in [0.05, 0.1) is 79.0 Å². The third-order valence-corrected chi connectivity index (χ3v) is 11.9. The molecular weight excluding hydrogens is 745 g/mol. The Hall–Kier alpha value is -5.54. The number of hydrogen-bond acceptors (Lipinski definition) is 10. The van der Waals surface area contributed by atoms with E-state index in [1.807, 2.05) is 105 Å². The minimum atomic E-state index is -1.31. The first-order valence-electron chi connectivity index (χ1n) is 20.0. The molecule has 0 unspecified atom stereocenters. The molecule has 0 radical (unpaired) electrons. The topological polar surface area (TPSA) is 121 Å². The van der Waals surface area contributed by atoms with Crippen LogP contribution in [0.2, 0.25) is 0 Å². The van der Waals surface area contributed by atoms with Crippen molar-refractivity contribution in [2.24, 2.45) is 0 Å². The number of nitrogens with zero attached hydrogens (tertiary/aromatic N) is 4. The number of amides is 4. The molecular formula is C44H46N4O10. The van der Waals surface area contributed by atoms with Gasteiger partial charge in [-0.05, 0) is 46.5 Å². The van der Waals surface area contributed by atoms with E-state index in [1.165, 1.54) is 0 Å². The number of urea groups is 2. The summed E-state index contributed by atoms with van der Waals surface area (Å²) in [5.74, 6) is 2.20. The molecule has 0 atom stereocenters. The Balaban J connectivity index is 1.16. The van der Waals surface area contributed by atoms with Crippen molar-refractivity contribution in [3.05, 3.63) is 118 Å². The van der Waals surface area contributed by atoms with Gasteiger partial charge in [0.2, 0.25) is 0 Å². The third kappa shape index (κ3) is 5.83. The van der Waals surface area contributed by atoms with Crippen LogP contribution in [0.3, 0.4) is 0 Å². The number of hydrogen-bond donors (Lipinski definition) is 0. The third-order valence-electron chi connectivity index (χ3n) is 11.9. The van der Waals surface area contributed by atoms with Gasteiger partial charge in [0.15, 0.2) is 34.3 Å². The Morgan fingerprint density at radius 1 is 0.362 bits per heavy atom. The summed E-state index contributed by atoms with van der Waals surface area (Å²) in [6.07, 6.45) is 0. The zero-order valence-electron chi connectivity index (χ0n) is 32.3. The van der Waals surface area contributed by atoms with E-state index < -0.39 is 11.3 Å². The second-order valence-electron chi connectivity index (χ2n) is 15.0. The molecule has 4 amide bonds. The SMILES string of the molecule is O=C1N2Cc3cc4c(cc3CN3C(=O)N5Cc6cc7c(cc6CN1C5(c1ccccc1)C23c1ccccc1)OCCOCCOCCO7)OCCOCCOCCO4. The van der Waals surface area contributed by atoms with Crippen LogP contribution in [-0.2, 0) is 56.5 Å². The number of rotatable bonds is 2. The molecule has 302 valence electrons. The summed E-state index contributed by atoms with van der Waals surface area (Å²) in [5.41, 5.74) is 2.48. The highest BCUT2D eigenvalue weighted by Crippen LogP contribution is 2.65. The van der Waals surface area contributed by atoms with Crippen LogP contribution >= 0.6 is 0 Å². The zero-order valence-corrected chi connectivity index (χ0v) is 32.3. The van der Waals surface area contributed by atoms with Crippen LogP contribution in [0.25, 0.3) is 0 Å². The van der Waals surface area contributed by atoms with Gasteiger partial charge in [0, 0.05) is 11.1 Å². The second kappa shape index (κ2) is 15.3. The van der Waals surface area contributed by atoms with Crippen molar-refractivity contribution in [2.75, 3.05) is 79.3 Å². The van der Waals surface area contributed by atoms with Crippen LogP contribution in [0.5, 0.6) is 23.0 Å². The van der Waals surface area contributed by atoms with E-state index in [2.05, 4.69) is 0 Å². The van der Waals surface area contributed by atoms with Crippen LogP contribution in [0.4, 0.5) is 9.59 Å². The van der Waals surface area contributed by atoms with E-state index in [-0.39, 0.29) is 38.2 Å². The van der Waals surface area contributed by atoms with E-state index in [9.17, 15) is 0 Å². The molecule has 2 saturated heterocycles. The number of ether oxygens (including phenoxy) is 8. The highest BCUT2D eigenvalue weighted by Gasteiger charge is 2.80. The smallest absolute Gasteiger partial charge is 0.325 e. The molecule has 0 saturated carbocycles. The van der Waals surface area contributed by atoms with E-state index in [4.69, 9.17) is 37.9 Å². The predicted molar refractivity (Wildman–Crippen MR) is 207 cm³/mol. The maximum Gasteiger partial charge on any atom is 0.325 e. The summed E-state index contributed by atoms with van der Waals surface area (Å²) >= 11 is 0. The van der Waals surface area contributed by atoms with Gasteiger partial charge in [-0.3, -0.25) is 19.6 Å². The van der Waals surface area contributed by atoms with Gasteiger partial charge in [-0.1, -0.05) is 60.7 Å². The largest absolute Gasteiger partial charge is 0.487 e. The summed E-state index contributed by atoms with van der Waals surface area (Å²) in [7, 11) is 0.